The number of aromatic nitrogens is 5. The van der Waals surface area contributed by atoms with Gasteiger partial charge in [-0.05, 0) is 18.4 Å². The maximum atomic E-state index is 12.7. The molecule has 4 aromatic heterocycles. The van der Waals surface area contributed by atoms with E-state index in [2.05, 4.69) is 37.0 Å². The number of H-pyrrole nitrogens is 1. The number of aromatic amines is 1. The Balaban J connectivity index is 1.54. The predicted molar refractivity (Wildman–Crippen MR) is 111 cm³/mol. The van der Waals surface area contributed by atoms with Crippen LogP contribution in [0.15, 0.2) is 41.0 Å². The van der Waals surface area contributed by atoms with Crippen molar-refractivity contribution in [3.63, 3.8) is 0 Å². The molecule has 0 spiro atoms. The maximum absolute atomic E-state index is 12.7. The molecular formula is C19H19N7O2S. The molecule has 0 bridgehead atoms. The fourth-order valence-electron chi connectivity index (χ4n) is 4.03. The van der Waals surface area contributed by atoms with Gasteiger partial charge in [-0.15, -0.1) is 10.2 Å². The van der Waals surface area contributed by atoms with Crippen molar-refractivity contribution in [2.75, 3.05) is 18.4 Å². The number of anilines is 1. The largest absolute Gasteiger partial charge is 0.346 e. The number of hydrogen-bond acceptors (Lipinski definition) is 6. The monoisotopic (exact) mass is 409 g/mol. The molecule has 1 fully saturated rings. The molecule has 5 rings (SSSR count). The third-order valence-electron chi connectivity index (χ3n) is 5.61. The van der Waals surface area contributed by atoms with Crippen LogP contribution in [0.3, 0.4) is 0 Å². The Morgan fingerprint density at radius 1 is 1.34 bits per heavy atom. The van der Waals surface area contributed by atoms with E-state index in [0.717, 1.165) is 23.0 Å². The summed E-state index contributed by atoms with van der Waals surface area (Å²) in [6, 6.07) is 3.37. The molecule has 1 saturated heterocycles. The molecule has 9 nitrogen and oxygen atoms in total. The third kappa shape index (κ3) is 3.05. The van der Waals surface area contributed by atoms with Crippen LogP contribution in [-0.2, 0) is 0 Å². The van der Waals surface area contributed by atoms with Crippen LogP contribution in [0.5, 0.6) is 0 Å². The molecule has 2 amide bonds. The molecule has 0 aliphatic carbocycles. The zero-order valence-corrected chi connectivity index (χ0v) is 16.5. The quantitative estimate of drug-likeness (QED) is 0.529. The number of carbonyl (C=O) groups is 1. The van der Waals surface area contributed by atoms with E-state index < -0.39 is 0 Å². The average Bonchev–Trinajstić information content (AvgIpc) is 3.40. The number of nitrogens with one attached hydrogen (secondary N) is 2. The van der Waals surface area contributed by atoms with Gasteiger partial charge in [0, 0.05) is 43.1 Å². The molecule has 0 aromatic carbocycles. The van der Waals surface area contributed by atoms with E-state index in [1.165, 1.54) is 11.3 Å². The summed E-state index contributed by atoms with van der Waals surface area (Å²) in [5, 5.41) is 12.4. The summed E-state index contributed by atoms with van der Waals surface area (Å²) >= 11 is 1.29. The van der Waals surface area contributed by atoms with E-state index in [0.29, 0.717) is 29.5 Å². The number of fused-ring (bicyclic) bond motifs is 3. The summed E-state index contributed by atoms with van der Waals surface area (Å²) in [5.74, 6) is 0.341. The molecule has 0 unspecified atom stereocenters. The third-order valence-corrected chi connectivity index (χ3v) is 6.21. The van der Waals surface area contributed by atoms with E-state index in [-0.39, 0.29) is 17.5 Å². The molecule has 4 aromatic rings. The highest BCUT2D eigenvalue weighted by molar-refractivity contribution is 7.13. The summed E-state index contributed by atoms with van der Waals surface area (Å²) < 4.78 is 2.13. The van der Waals surface area contributed by atoms with Crippen LogP contribution in [0.4, 0.5) is 9.93 Å². The Labute approximate surface area is 169 Å². The first-order valence-electron chi connectivity index (χ1n) is 9.41. The normalized spacial score (nSPS) is 19.7. The van der Waals surface area contributed by atoms with Gasteiger partial charge in [-0.3, -0.25) is 10.1 Å². The van der Waals surface area contributed by atoms with Crippen LogP contribution in [-0.4, -0.2) is 48.8 Å². The van der Waals surface area contributed by atoms with Gasteiger partial charge in [0.05, 0.1) is 16.9 Å². The second-order valence-corrected chi connectivity index (χ2v) is 8.13. The standard InChI is InChI=1S/C19H19N7O2S/c1-11-3-6-25(19(28)23-18-24-22-10-29-18)9-14(11)26-7-4-15(27)13-8-21-17-12(16(13)26)2-5-20-17/h2,4-5,7-8,10-11,14H,3,6,9H2,1H3,(H,20,21)(H,23,24,28)/t11-,14+/m1/s1. The summed E-state index contributed by atoms with van der Waals surface area (Å²) in [5.41, 5.74) is 3.12. The van der Waals surface area contributed by atoms with Crippen molar-refractivity contribution >= 4 is 44.4 Å². The van der Waals surface area contributed by atoms with E-state index in [1.807, 2.05) is 18.5 Å². The Kier molecular flexibility index (Phi) is 4.27. The van der Waals surface area contributed by atoms with Crippen LogP contribution in [0, 0.1) is 5.92 Å². The fourth-order valence-corrected chi connectivity index (χ4v) is 4.47. The molecule has 0 saturated carbocycles. The van der Waals surface area contributed by atoms with Crippen molar-refractivity contribution in [3.05, 3.63) is 46.5 Å². The van der Waals surface area contributed by atoms with Gasteiger partial charge in [0.2, 0.25) is 5.13 Å². The number of nitrogens with zero attached hydrogens (tertiary/aromatic N) is 5. The smallest absolute Gasteiger partial charge is 0.323 e. The first kappa shape index (κ1) is 17.8. The fraction of sp³-hybridized carbons (Fsp3) is 0.316. The van der Waals surface area contributed by atoms with Crippen molar-refractivity contribution < 1.29 is 4.79 Å². The summed E-state index contributed by atoms with van der Waals surface area (Å²) in [4.78, 5) is 34.5. The zero-order chi connectivity index (χ0) is 20.0. The lowest BCUT2D eigenvalue weighted by atomic mass is 9.92. The van der Waals surface area contributed by atoms with Gasteiger partial charge >= 0.3 is 6.03 Å². The maximum Gasteiger partial charge on any atom is 0.323 e. The topological polar surface area (TPSA) is 109 Å². The highest BCUT2D eigenvalue weighted by Gasteiger charge is 2.31. The highest BCUT2D eigenvalue weighted by Crippen LogP contribution is 2.32. The van der Waals surface area contributed by atoms with Crippen LogP contribution < -0.4 is 10.7 Å². The lowest BCUT2D eigenvalue weighted by molar-refractivity contribution is 0.151. The van der Waals surface area contributed by atoms with E-state index in [4.69, 9.17) is 0 Å². The van der Waals surface area contributed by atoms with E-state index >= 15 is 0 Å². The van der Waals surface area contributed by atoms with E-state index in [1.54, 1.807) is 22.7 Å². The lowest BCUT2D eigenvalue weighted by Crippen LogP contribution is -2.45. The molecule has 1 aliphatic heterocycles. The summed E-state index contributed by atoms with van der Waals surface area (Å²) in [6.07, 6.45) is 6.15. The van der Waals surface area contributed by atoms with Gasteiger partial charge in [-0.1, -0.05) is 18.3 Å². The van der Waals surface area contributed by atoms with Gasteiger partial charge < -0.3 is 14.5 Å². The Morgan fingerprint density at radius 3 is 3.07 bits per heavy atom. The number of rotatable bonds is 2. The molecular weight excluding hydrogens is 390 g/mol. The Bertz CT molecular complexity index is 1250. The number of amides is 2. The van der Waals surface area contributed by atoms with Gasteiger partial charge in [0.25, 0.3) is 0 Å². The molecule has 1 aliphatic rings. The molecule has 0 radical (unpaired) electrons. The first-order valence-corrected chi connectivity index (χ1v) is 10.3. The summed E-state index contributed by atoms with van der Waals surface area (Å²) in [7, 11) is 0. The number of pyridine rings is 2. The predicted octanol–water partition coefficient (Wildman–Crippen LogP) is 2.84. The highest BCUT2D eigenvalue weighted by atomic mass is 32.1. The van der Waals surface area contributed by atoms with Crippen LogP contribution >= 0.6 is 11.3 Å². The number of carbonyl (C=O) groups excluding carboxylic acids is 1. The molecule has 29 heavy (non-hydrogen) atoms. The lowest BCUT2D eigenvalue weighted by Gasteiger charge is -2.38. The van der Waals surface area contributed by atoms with Crippen molar-refractivity contribution in [2.45, 2.75) is 19.4 Å². The second-order valence-electron chi connectivity index (χ2n) is 7.30. The van der Waals surface area contributed by atoms with Gasteiger partial charge in [-0.25, -0.2) is 9.78 Å². The van der Waals surface area contributed by atoms with Crippen LogP contribution in [0.25, 0.3) is 21.9 Å². The van der Waals surface area contributed by atoms with Crippen molar-refractivity contribution in [1.29, 1.82) is 0 Å². The second kappa shape index (κ2) is 6.96. The number of piperidine rings is 1. The Morgan fingerprint density at radius 2 is 2.24 bits per heavy atom. The van der Waals surface area contributed by atoms with Crippen molar-refractivity contribution in [3.8, 4) is 0 Å². The number of likely N-dealkylation sites (tertiary alicyclic amines) is 1. The minimum absolute atomic E-state index is 0.0347. The molecule has 10 heteroatoms. The van der Waals surface area contributed by atoms with Gasteiger partial charge in [0.1, 0.15) is 11.2 Å². The SMILES string of the molecule is C[C@@H]1CCN(C(=O)Nc2nncs2)C[C@@H]1n1ccc(=O)c2cnc3[nH]ccc3c21. The molecule has 5 heterocycles. The first-order chi connectivity index (χ1) is 14.1. The molecule has 2 N–H and O–H groups in total. The molecule has 148 valence electrons. The number of urea groups is 1. The van der Waals surface area contributed by atoms with Gasteiger partial charge in [-0.2, -0.15) is 0 Å². The van der Waals surface area contributed by atoms with Crippen molar-refractivity contribution in [2.24, 2.45) is 5.92 Å². The average molecular weight is 409 g/mol. The van der Waals surface area contributed by atoms with Crippen LogP contribution in [0.2, 0.25) is 0 Å². The van der Waals surface area contributed by atoms with E-state index in [9.17, 15) is 9.59 Å². The van der Waals surface area contributed by atoms with Crippen molar-refractivity contribution in [1.82, 2.24) is 29.6 Å². The zero-order valence-electron chi connectivity index (χ0n) is 15.7. The number of hydrogen-bond donors (Lipinski definition) is 2. The minimum Gasteiger partial charge on any atom is -0.346 e. The van der Waals surface area contributed by atoms with Gasteiger partial charge in [0.15, 0.2) is 5.43 Å². The Hall–Kier alpha value is -3.27. The summed E-state index contributed by atoms with van der Waals surface area (Å²) in [6.45, 7) is 3.39. The van der Waals surface area contributed by atoms with Crippen LogP contribution in [0.1, 0.15) is 19.4 Å². The minimum atomic E-state index is -0.183. The molecule has 2 atom stereocenters.